The number of hydrogen-bond acceptors (Lipinski definition) is 2. The second-order valence-corrected chi connectivity index (χ2v) is 3.29. The SMILES string of the molecule is CC(=O)OC(C)C[C-](C)C(C)(F)F.[Y]. The molecule has 0 bridgehead atoms. The molecule has 0 rings (SSSR count). The predicted octanol–water partition coefficient (Wildman–Crippen LogP) is 2.58. The molecule has 0 fully saturated rings. The maximum atomic E-state index is 12.6. The van der Waals surface area contributed by atoms with Gasteiger partial charge in [0.25, 0.3) is 0 Å². The zero-order chi connectivity index (χ0) is 10.6. The molecule has 0 aromatic rings. The summed E-state index contributed by atoms with van der Waals surface area (Å²) in [5.41, 5.74) is 0. The Labute approximate surface area is 109 Å². The summed E-state index contributed by atoms with van der Waals surface area (Å²) in [6.45, 7) is 5.05. The third-order valence-electron chi connectivity index (χ3n) is 1.71. The predicted molar refractivity (Wildman–Crippen MR) is 45.4 cm³/mol. The Kier molecular flexibility index (Phi) is 8.22. The number of alkyl halides is 2. The van der Waals surface area contributed by atoms with Gasteiger partial charge in [-0.2, -0.15) is 6.92 Å². The Bertz CT molecular complexity index is 180. The van der Waals surface area contributed by atoms with Crippen LogP contribution in [0.4, 0.5) is 8.78 Å². The Hall–Kier alpha value is 0.434. The molecule has 0 aliphatic rings. The Morgan fingerprint density at radius 2 is 2.00 bits per heavy atom. The van der Waals surface area contributed by atoms with Crippen LogP contribution in [0.15, 0.2) is 0 Å². The Morgan fingerprint density at radius 3 is 2.29 bits per heavy atom. The van der Waals surface area contributed by atoms with E-state index < -0.39 is 18.0 Å². The number of halogens is 2. The quantitative estimate of drug-likeness (QED) is 0.585. The van der Waals surface area contributed by atoms with Gasteiger partial charge in [0.1, 0.15) is 5.92 Å². The van der Waals surface area contributed by atoms with Crippen molar-refractivity contribution in [2.75, 3.05) is 0 Å². The first kappa shape index (κ1) is 16.8. The molecule has 2 nitrogen and oxygen atoms in total. The van der Waals surface area contributed by atoms with E-state index in [2.05, 4.69) is 0 Å². The summed E-state index contributed by atoms with van der Waals surface area (Å²) in [6.07, 6.45) is -0.383. The fraction of sp³-hybridized carbons (Fsp3) is 0.778. The Morgan fingerprint density at radius 1 is 1.57 bits per heavy atom. The van der Waals surface area contributed by atoms with Gasteiger partial charge in [-0.05, 0) is 13.8 Å². The molecule has 0 aliphatic heterocycles. The van der Waals surface area contributed by atoms with Crippen LogP contribution in [-0.2, 0) is 42.2 Å². The maximum Gasteiger partial charge on any atom is 0.302 e. The van der Waals surface area contributed by atoms with Gasteiger partial charge in [0.2, 0.25) is 0 Å². The molecule has 5 heteroatoms. The average molecular weight is 282 g/mol. The molecule has 0 N–H and O–H groups in total. The molecule has 0 heterocycles. The first-order valence-electron chi connectivity index (χ1n) is 4.11. The van der Waals surface area contributed by atoms with Crippen LogP contribution in [0, 0.1) is 5.92 Å². The smallest absolute Gasteiger partial charge is 0.302 e. The maximum absolute atomic E-state index is 12.6. The van der Waals surface area contributed by atoms with Crippen LogP contribution in [0.3, 0.4) is 0 Å². The van der Waals surface area contributed by atoms with E-state index in [0.29, 0.717) is 0 Å². The van der Waals surface area contributed by atoms with E-state index in [-0.39, 0.29) is 45.0 Å². The molecule has 14 heavy (non-hydrogen) atoms. The Balaban J connectivity index is 0. The molecule has 0 amide bonds. The van der Waals surface area contributed by atoms with Gasteiger partial charge in [-0.15, -0.1) is 6.42 Å². The molecule has 0 aromatic carbocycles. The molecule has 1 radical (unpaired) electrons. The van der Waals surface area contributed by atoms with Gasteiger partial charge < -0.3 is 4.74 Å². The van der Waals surface area contributed by atoms with E-state index >= 15 is 0 Å². The van der Waals surface area contributed by atoms with Crippen LogP contribution < -0.4 is 0 Å². The van der Waals surface area contributed by atoms with E-state index in [1.165, 1.54) is 13.8 Å². The van der Waals surface area contributed by atoms with Gasteiger partial charge in [-0.1, -0.05) is 0 Å². The number of carbonyl (C=O) groups excluding carboxylic acids is 1. The molecule has 0 saturated carbocycles. The minimum Gasteiger partial charge on any atom is -0.466 e. The van der Waals surface area contributed by atoms with Crippen LogP contribution in [0.25, 0.3) is 0 Å². The third kappa shape index (κ3) is 7.80. The summed E-state index contributed by atoms with van der Waals surface area (Å²) in [5, 5.41) is 0. The molecular weight excluding hydrogens is 267 g/mol. The van der Waals surface area contributed by atoms with Crippen LogP contribution in [0.2, 0.25) is 0 Å². The van der Waals surface area contributed by atoms with Crippen molar-refractivity contribution in [2.24, 2.45) is 0 Å². The van der Waals surface area contributed by atoms with Gasteiger partial charge in [-0.25, -0.2) is 14.7 Å². The fourth-order valence-electron chi connectivity index (χ4n) is 0.935. The second kappa shape index (κ2) is 6.83. The molecule has 0 saturated heterocycles. The molecule has 0 aromatic heterocycles. The van der Waals surface area contributed by atoms with Crippen LogP contribution in [0.5, 0.6) is 0 Å². The molecule has 1 unspecified atom stereocenters. The van der Waals surface area contributed by atoms with Crippen LogP contribution in [0.1, 0.15) is 34.1 Å². The largest absolute Gasteiger partial charge is 0.466 e. The van der Waals surface area contributed by atoms with Crippen molar-refractivity contribution in [1.29, 1.82) is 0 Å². The monoisotopic (exact) mass is 282 g/mol. The third-order valence-corrected chi connectivity index (χ3v) is 1.71. The van der Waals surface area contributed by atoms with Crippen molar-refractivity contribution in [2.45, 2.75) is 46.1 Å². The van der Waals surface area contributed by atoms with E-state index in [0.717, 1.165) is 6.92 Å². The zero-order valence-corrected chi connectivity index (χ0v) is 11.8. The number of ether oxygens (including phenoxy) is 1. The van der Waals surface area contributed by atoms with Gasteiger partial charge in [0.05, 0.1) is 6.10 Å². The first-order chi connectivity index (χ1) is 5.73. The van der Waals surface area contributed by atoms with Crippen molar-refractivity contribution in [3.8, 4) is 0 Å². The molecule has 81 valence electrons. The van der Waals surface area contributed by atoms with E-state index in [1.807, 2.05) is 0 Å². The van der Waals surface area contributed by atoms with Crippen LogP contribution >= 0.6 is 0 Å². The van der Waals surface area contributed by atoms with E-state index in [4.69, 9.17) is 4.74 Å². The van der Waals surface area contributed by atoms with Crippen molar-refractivity contribution in [1.82, 2.24) is 0 Å². The molecular formula is C9H15F2O2Y-. The zero-order valence-electron chi connectivity index (χ0n) is 8.93. The second-order valence-electron chi connectivity index (χ2n) is 3.29. The van der Waals surface area contributed by atoms with Crippen molar-refractivity contribution in [3.05, 3.63) is 5.92 Å². The van der Waals surface area contributed by atoms with Crippen molar-refractivity contribution < 1.29 is 51.0 Å². The topological polar surface area (TPSA) is 26.3 Å². The van der Waals surface area contributed by atoms with Crippen molar-refractivity contribution in [3.63, 3.8) is 0 Å². The molecule has 0 spiro atoms. The summed E-state index contributed by atoms with van der Waals surface area (Å²) in [7, 11) is 0. The summed E-state index contributed by atoms with van der Waals surface area (Å²) in [5.74, 6) is -3.21. The van der Waals surface area contributed by atoms with E-state index in [1.54, 1.807) is 6.92 Å². The summed E-state index contributed by atoms with van der Waals surface area (Å²) in [4.78, 5) is 10.5. The summed E-state index contributed by atoms with van der Waals surface area (Å²) >= 11 is 0. The standard InChI is InChI=1S/C9H15F2O2.Y/c1-6(9(4,10)11)5-7(2)13-8(3)12;/h7H,5H2,1-4H3;/q-1;. The van der Waals surface area contributed by atoms with Gasteiger partial charge in [0, 0.05) is 39.6 Å². The summed E-state index contributed by atoms with van der Waals surface area (Å²) in [6, 6.07) is 0. The van der Waals surface area contributed by atoms with Gasteiger partial charge in [-0.3, -0.25) is 4.79 Å². The number of hydrogen-bond donors (Lipinski definition) is 0. The number of rotatable bonds is 4. The number of carbonyl (C=O) groups is 1. The van der Waals surface area contributed by atoms with Crippen LogP contribution in [-0.4, -0.2) is 18.0 Å². The minimum atomic E-state index is -2.80. The molecule has 1 atom stereocenters. The summed E-state index contributed by atoms with van der Waals surface area (Å²) < 4.78 is 30.0. The average Bonchev–Trinajstić information content (AvgIpc) is 1.82. The number of esters is 1. The fourth-order valence-corrected chi connectivity index (χ4v) is 0.935. The van der Waals surface area contributed by atoms with E-state index in [9.17, 15) is 13.6 Å². The first-order valence-corrected chi connectivity index (χ1v) is 4.11. The van der Waals surface area contributed by atoms with Crippen molar-refractivity contribution >= 4 is 5.97 Å². The van der Waals surface area contributed by atoms with Gasteiger partial charge >= 0.3 is 5.97 Å². The van der Waals surface area contributed by atoms with Gasteiger partial charge in [0.15, 0.2) is 0 Å². The minimum absolute atomic E-state index is 0. The normalized spacial score (nSPS) is 13.4. The molecule has 0 aliphatic carbocycles.